The van der Waals surface area contributed by atoms with Gasteiger partial charge in [0.2, 0.25) is 5.91 Å². The van der Waals surface area contributed by atoms with Gasteiger partial charge >= 0.3 is 17.8 Å². The first-order valence-corrected chi connectivity index (χ1v) is 7.53. The lowest BCUT2D eigenvalue weighted by atomic mass is 10.3. The highest BCUT2D eigenvalue weighted by molar-refractivity contribution is 6.45. The van der Waals surface area contributed by atoms with E-state index in [0.29, 0.717) is 11.3 Å². The minimum atomic E-state index is -1.02. The topological polar surface area (TPSA) is 86.8 Å². The number of amides is 5. The normalized spacial score (nSPS) is 14.7. The van der Waals surface area contributed by atoms with Gasteiger partial charge in [-0.1, -0.05) is 36.2 Å². The van der Waals surface area contributed by atoms with E-state index in [0.717, 1.165) is 4.90 Å². The number of hydrogen-bond acceptors (Lipinski definition) is 4. The Kier molecular flexibility index (Phi) is 5.23. The van der Waals surface area contributed by atoms with E-state index in [2.05, 4.69) is 5.32 Å². The molecule has 0 saturated carbocycles. The highest BCUT2D eigenvalue weighted by Crippen LogP contribution is 2.29. The Morgan fingerprint density at radius 2 is 1.78 bits per heavy atom. The lowest BCUT2D eigenvalue weighted by Crippen LogP contribution is -2.39. The molecule has 2 rings (SSSR count). The summed E-state index contributed by atoms with van der Waals surface area (Å²) >= 11 is 11.8. The van der Waals surface area contributed by atoms with Crippen LogP contribution in [0.25, 0.3) is 0 Å². The smallest absolute Gasteiger partial charge is 0.323 e. The Labute approximate surface area is 142 Å². The van der Waals surface area contributed by atoms with Crippen molar-refractivity contribution in [3.05, 3.63) is 28.2 Å². The number of urea groups is 1. The highest BCUT2D eigenvalue weighted by atomic mass is 35.5. The predicted octanol–water partition coefficient (Wildman–Crippen LogP) is 2.13. The lowest BCUT2D eigenvalue weighted by Gasteiger charge is -2.15. The molecule has 0 atom stereocenters. The fourth-order valence-corrected chi connectivity index (χ4v) is 2.39. The van der Waals surface area contributed by atoms with Crippen LogP contribution in [-0.4, -0.2) is 46.6 Å². The predicted molar refractivity (Wildman–Crippen MR) is 84.2 cm³/mol. The molecule has 122 valence electrons. The number of carbonyl (C=O) groups excluding carboxylic acids is 4. The van der Waals surface area contributed by atoms with E-state index < -0.39 is 30.3 Å². The first-order valence-electron chi connectivity index (χ1n) is 6.78. The Balaban J connectivity index is 2.08. The largest absolute Gasteiger partial charge is 0.334 e. The molecule has 0 radical (unpaired) electrons. The second kappa shape index (κ2) is 6.97. The number of imide groups is 2. The van der Waals surface area contributed by atoms with Gasteiger partial charge in [0.25, 0.3) is 0 Å². The van der Waals surface area contributed by atoms with Crippen molar-refractivity contribution in [1.29, 1.82) is 0 Å². The molecule has 23 heavy (non-hydrogen) atoms. The number of rotatable bonds is 5. The summed E-state index contributed by atoms with van der Waals surface area (Å²) in [5, 5.41) is 2.85. The first kappa shape index (κ1) is 17.2. The number of benzene rings is 1. The van der Waals surface area contributed by atoms with Crippen LogP contribution in [0.1, 0.15) is 13.3 Å². The third kappa shape index (κ3) is 3.46. The minimum Gasteiger partial charge on any atom is -0.323 e. The Morgan fingerprint density at radius 3 is 2.43 bits per heavy atom. The van der Waals surface area contributed by atoms with Crippen LogP contribution in [0.15, 0.2) is 18.2 Å². The second-order valence-corrected chi connectivity index (χ2v) is 5.57. The van der Waals surface area contributed by atoms with E-state index >= 15 is 0 Å². The van der Waals surface area contributed by atoms with Gasteiger partial charge in [-0.15, -0.1) is 0 Å². The fraction of sp³-hybridized carbons (Fsp3) is 0.286. The van der Waals surface area contributed by atoms with Crippen LogP contribution < -0.4 is 5.32 Å². The molecule has 1 fully saturated rings. The molecule has 5 amide bonds. The van der Waals surface area contributed by atoms with E-state index in [1.165, 1.54) is 6.07 Å². The number of carbonyl (C=O) groups is 4. The van der Waals surface area contributed by atoms with Gasteiger partial charge in [-0.05, 0) is 18.6 Å². The number of nitrogens with one attached hydrogen (secondary N) is 1. The van der Waals surface area contributed by atoms with Crippen LogP contribution in [0.4, 0.5) is 10.5 Å². The van der Waals surface area contributed by atoms with E-state index in [1.54, 1.807) is 19.1 Å². The number of nitrogens with zero attached hydrogens (tertiary/aromatic N) is 2. The van der Waals surface area contributed by atoms with Crippen molar-refractivity contribution in [2.75, 3.05) is 18.4 Å². The highest BCUT2D eigenvalue weighted by Gasteiger charge is 2.44. The van der Waals surface area contributed by atoms with E-state index in [1.807, 2.05) is 0 Å². The number of halogens is 2. The van der Waals surface area contributed by atoms with Crippen molar-refractivity contribution in [2.24, 2.45) is 0 Å². The van der Waals surface area contributed by atoms with Crippen molar-refractivity contribution in [3.8, 4) is 0 Å². The summed E-state index contributed by atoms with van der Waals surface area (Å²) in [6, 6.07) is 3.86. The molecule has 1 heterocycles. The standard InChI is InChI=1S/C14H13Cl2N3O4/c1-2-6-18-12(21)13(22)19(14(18)23)7-10(20)17-9-5-3-4-8(15)11(9)16/h3-5H,2,6-7H2,1H3,(H,17,20). The maximum absolute atomic E-state index is 12.0. The van der Waals surface area contributed by atoms with Gasteiger partial charge in [0.05, 0.1) is 15.7 Å². The molecular weight excluding hydrogens is 345 g/mol. The summed E-state index contributed by atoms with van der Waals surface area (Å²) in [6.45, 7) is 1.32. The molecule has 0 aliphatic carbocycles. The molecule has 0 aromatic heterocycles. The quantitative estimate of drug-likeness (QED) is 0.645. The van der Waals surface area contributed by atoms with Gasteiger partial charge in [0.1, 0.15) is 6.54 Å². The van der Waals surface area contributed by atoms with Crippen LogP contribution in [-0.2, 0) is 14.4 Å². The molecule has 1 saturated heterocycles. The zero-order valence-corrected chi connectivity index (χ0v) is 13.6. The Morgan fingerprint density at radius 1 is 1.13 bits per heavy atom. The SMILES string of the molecule is CCCN1C(=O)C(=O)N(CC(=O)Nc2cccc(Cl)c2Cl)C1=O. The van der Waals surface area contributed by atoms with Crippen LogP contribution in [0.2, 0.25) is 10.0 Å². The Bertz CT molecular complexity index is 693. The number of anilines is 1. The first-order chi connectivity index (χ1) is 10.9. The lowest BCUT2D eigenvalue weighted by molar-refractivity contribution is -0.143. The van der Waals surface area contributed by atoms with E-state index in [-0.39, 0.29) is 22.3 Å². The summed E-state index contributed by atoms with van der Waals surface area (Å²) in [7, 11) is 0. The third-order valence-electron chi connectivity index (χ3n) is 3.11. The molecule has 1 aliphatic heterocycles. The van der Waals surface area contributed by atoms with Crippen molar-refractivity contribution >= 4 is 52.6 Å². The monoisotopic (exact) mass is 357 g/mol. The molecule has 1 aromatic carbocycles. The van der Waals surface area contributed by atoms with Gasteiger partial charge in [0.15, 0.2) is 0 Å². The second-order valence-electron chi connectivity index (χ2n) is 4.78. The molecule has 0 unspecified atom stereocenters. The van der Waals surface area contributed by atoms with Crippen LogP contribution in [0.5, 0.6) is 0 Å². The molecule has 1 aromatic rings. The van der Waals surface area contributed by atoms with Gasteiger partial charge in [-0.3, -0.25) is 19.3 Å². The summed E-state index contributed by atoms with van der Waals surface area (Å²) in [4.78, 5) is 48.9. The van der Waals surface area contributed by atoms with Crippen molar-refractivity contribution < 1.29 is 19.2 Å². The van der Waals surface area contributed by atoms with Crippen LogP contribution in [0, 0.1) is 0 Å². The molecule has 7 nitrogen and oxygen atoms in total. The van der Waals surface area contributed by atoms with Crippen molar-refractivity contribution in [2.45, 2.75) is 13.3 Å². The Hall–Kier alpha value is -2.12. The molecule has 1 aliphatic rings. The molecule has 0 bridgehead atoms. The van der Waals surface area contributed by atoms with Crippen LogP contribution >= 0.6 is 23.2 Å². The van der Waals surface area contributed by atoms with E-state index in [9.17, 15) is 19.2 Å². The zero-order valence-electron chi connectivity index (χ0n) is 12.1. The third-order valence-corrected chi connectivity index (χ3v) is 3.93. The average Bonchev–Trinajstić information content (AvgIpc) is 2.70. The molecule has 1 N–H and O–H groups in total. The van der Waals surface area contributed by atoms with Gasteiger partial charge in [-0.2, -0.15) is 0 Å². The number of hydrogen-bond donors (Lipinski definition) is 1. The van der Waals surface area contributed by atoms with Gasteiger partial charge in [-0.25, -0.2) is 9.69 Å². The summed E-state index contributed by atoms with van der Waals surface area (Å²) in [5.41, 5.74) is 0.250. The maximum atomic E-state index is 12.0. The summed E-state index contributed by atoms with van der Waals surface area (Å²) in [6.07, 6.45) is 0.517. The molecule has 0 spiro atoms. The maximum Gasteiger partial charge on any atom is 0.334 e. The van der Waals surface area contributed by atoms with Gasteiger partial charge in [0, 0.05) is 6.54 Å². The molecular formula is C14H13Cl2N3O4. The zero-order chi connectivity index (χ0) is 17.1. The van der Waals surface area contributed by atoms with Gasteiger partial charge < -0.3 is 5.32 Å². The van der Waals surface area contributed by atoms with E-state index in [4.69, 9.17) is 23.2 Å². The molecule has 9 heteroatoms. The summed E-state index contributed by atoms with van der Waals surface area (Å²) in [5.74, 6) is -2.61. The minimum absolute atomic E-state index is 0.127. The fourth-order valence-electron chi connectivity index (χ4n) is 2.04. The van der Waals surface area contributed by atoms with Crippen LogP contribution in [0.3, 0.4) is 0 Å². The van der Waals surface area contributed by atoms with Crippen molar-refractivity contribution in [1.82, 2.24) is 9.80 Å². The summed E-state index contributed by atoms with van der Waals surface area (Å²) < 4.78 is 0. The average molecular weight is 358 g/mol. The van der Waals surface area contributed by atoms with Crippen molar-refractivity contribution in [3.63, 3.8) is 0 Å².